The van der Waals surface area contributed by atoms with E-state index in [1.165, 1.54) is 26.0 Å². The van der Waals surface area contributed by atoms with Crippen LogP contribution >= 0.6 is 0 Å². The minimum atomic E-state index is -4.02. The molecule has 3 N–H and O–H groups in total. The number of aryl methyl sites for hydroxylation is 2. The predicted molar refractivity (Wildman–Crippen MR) is 77.5 cm³/mol. The quantitative estimate of drug-likeness (QED) is 0.856. The van der Waals surface area contributed by atoms with Crippen LogP contribution in [0.2, 0.25) is 0 Å². The van der Waals surface area contributed by atoms with Gasteiger partial charge < -0.3 is 5.73 Å². The molecular formula is C14H14F2N2O2S. The highest BCUT2D eigenvalue weighted by Gasteiger charge is 2.21. The van der Waals surface area contributed by atoms with Gasteiger partial charge in [0, 0.05) is 5.69 Å². The summed E-state index contributed by atoms with van der Waals surface area (Å²) < 4.78 is 53.8. The van der Waals surface area contributed by atoms with Crippen molar-refractivity contribution < 1.29 is 17.2 Å². The van der Waals surface area contributed by atoms with Crippen LogP contribution in [0.5, 0.6) is 0 Å². The van der Waals surface area contributed by atoms with Crippen LogP contribution in [-0.2, 0) is 10.0 Å². The van der Waals surface area contributed by atoms with Crippen molar-refractivity contribution in [1.29, 1.82) is 0 Å². The molecule has 0 aliphatic rings. The van der Waals surface area contributed by atoms with Crippen LogP contribution in [0.15, 0.2) is 35.2 Å². The summed E-state index contributed by atoms with van der Waals surface area (Å²) in [4.78, 5) is -0.0693. The third-order valence-electron chi connectivity index (χ3n) is 2.93. The largest absolute Gasteiger partial charge is 0.399 e. The number of hydrogen-bond donors (Lipinski definition) is 2. The monoisotopic (exact) mass is 312 g/mol. The fourth-order valence-electron chi connectivity index (χ4n) is 2.13. The molecule has 0 aliphatic carbocycles. The molecule has 0 unspecified atom stereocenters. The Morgan fingerprint density at radius 3 is 2.14 bits per heavy atom. The Labute approximate surface area is 121 Å². The van der Waals surface area contributed by atoms with E-state index in [4.69, 9.17) is 5.73 Å². The maximum atomic E-state index is 13.7. The lowest BCUT2D eigenvalue weighted by molar-refractivity contribution is 0.595. The van der Waals surface area contributed by atoms with Crippen molar-refractivity contribution in [2.75, 3.05) is 10.5 Å². The normalized spacial score (nSPS) is 11.4. The fraction of sp³-hybridized carbons (Fsp3) is 0.143. The Balaban J connectivity index is 2.48. The highest BCUT2D eigenvalue weighted by Crippen LogP contribution is 2.25. The standard InChI is InChI=1S/C14H14F2N2O2S/c1-8-5-10(15)6-9(2)14(8)21(19,20)18-13-4-3-11(17)7-12(13)16/h3-7,18H,17H2,1-2H3. The van der Waals surface area contributed by atoms with Crippen molar-refractivity contribution in [3.05, 3.63) is 53.1 Å². The maximum Gasteiger partial charge on any atom is 0.262 e. The fourth-order valence-corrected chi connectivity index (χ4v) is 3.65. The number of rotatable bonds is 3. The van der Waals surface area contributed by atoms with E-state index in [-0.39, 0.29) is 27.4 Å². The van der Waals surface area contributed by atoms with Crippen molar-refractivity contribution in [3.8, 4) is 0 Å². The van der Waals surface area contributed by atoms with Gasteiger partial charge in [0.05, 0.1) is 10.6 Å². The number of nitrogens with one attached hydrogen (secondary N) is 1. The van der Waals surface area contributed by atoms with E-state index in [2.05, 4.69) is 4.72 Å². The molecule has 112 valence electrons. The zero-order chi connectivity index (χ0) is 15.8. The Hall–Kier alpha value is -2.15. The van der Waals surface area contributed by atoms with E-state index in [1.807, 2.05) is 0 Å². The first kappa shape index (κ1) is 15.2. The molecule has 2 aromatic carbocycles. The Bertz CT molecular complexity index is 782. The van der Waals surface area contributed by atoms with Gasteiger partial charge in [-0.25, -0.2) is 17.2 Å². The Kier molecular flexibility index (Phi) is 3.87. The van der Waals surface area contributed by atoms with Gasteiger partial charge in [-0.3, -0.25) is 4.72 Å². The highest BCUT2D eigenvalue weighted by molar-refractivity contribution is 7.92. The molecule has 0 aliphatic heterocycles. The SMILES string of the molecule is Cc1cc(F)cc(C)c1S(=O)(=O)Nc1ccc(N)cc1F. The van der Waals surface area contributed by atoms with Crippen LogP contribution < -0.4 is 10.5 Å². The van der Waals surface area contributed by atoms with Gasteiger partial charge >= 0.3 is 0 Å². The molecule has 0 bridgehead atoms. The molecule has 7 heteroatoms. The molecule has 0 aromatic heterocycles. The van der Waals surface area contributed by atoms with Gasteiger partial charge in [-0.15, -0.1) is 0 Å². The van der Waals surface area contributed by atoms with Gasteiger partial charge in [-0.1, -0.05) is 0 Å². The molecule has 2 aromatic rings. The molecule has 21 heavy (non-hydrogen) atoms. The van der Waals surface area contributed by atoms with Crippen LogP contribution in [0.1, 0.15) is 11.1 Å². The summed E-state index contributed by atoms with van der Waals surface area (Å²) in [5.41, 5.74) is 5.87. The first-order chi connectivity index (χ1) is 9.70. The number of hydrogen-bond acceptors (Lipinski definition) is 3. The average molecular weight is 312 g/mol. The molecule has 0 saturated heterocycles. The third kappa shape index (κ3) is 3.13. The first-order valence-electron chi connectivity index (χ1n) is 6.05. The van der Waals surface area contributed by atoms with E-state index >= 15 is 0 Å². The van der Waals surface area contributed by atoms with E-state index in [0.717, 1.165) is 18.2 Å². The second-order valence-corrected chi connectivity index (χ2v) is 6.33. The summed E-state index contributed by atoms with van der Waals surface area (Å²) in [5.74, 6) is -1.31. The molecule has 2 rings (SSSR count). The van der Waals surface area contributed by atoms with Crippen molar-refractivity contribution in [1.82, 2.24) is 0 Å². The van der Waals surface area contributed by atoms with Gasteiger partial charge in [0.15, 0.2) is 0 Å². The van der Waals surface area contributed by atoms with Gasteiger partial charge in [-0.2, -0.15) is 0 Å². The van der Waals surface area contributed by atoms with Crippen LogP contribution in [0.4, 0.5) is 20.2 Å². The summed E-state index contributed by atoms with van der Waals surface area (Å²) in [6.45, 7) is 2.95. The summed E-state index contributed by atoms with van der Waals surface area (Å²) in [6, 6.07) is 5.85. The maximum absolute atomic E-state index is 13.7. The second-order valence-electron chi connectivity index (χ2n) is 4.71. The van der Waals surface area contributed by atoms with Crippen molar-refractivity contribution in [3.63, 3.8) is 0 Å². The Morgan fingerprint density at radius 1 is 1.05 bits per heavy atom. The summed E-state index contributed by atoms with van der Waals surface area (Å²) in [6.07, 6.45) is 0. The minimum absolute atomic E-state index is 0.0693. The lowest BCUT2D eigenvalue weighted by Crippen LogP contribution is -2.17. The summed E-state index contributed by atoms with van der Waals surface area (Å²) in [7, 11) is -4.02. The minimum Gasteiger partial charge on any atom is -0.399 e. The van der Waals surface area contributed by atoms with E-state index < -0.39 is 21.7 Å². The molecule has 0 spiro atoms. The summed E-state index contributed by atoms with van der Waals surface area (Å²) >= 11 is 0. The van der Waals surface area contributed by atoms with Gasteiger partial charge in [-0.05, 0) is 55.3 Å². The number of benzene rings is 2. The van der Waals surface area contributed by atoms with Crippen LogP contribution in [-0.4, -0.2) is 8.42 Å². The van der Waals surface area contributed by atoms with Crippen LogP contribution in [0.3, 0.4) is 0 Å². The lowest BCUT2D eigenvalue weighted by atomic mass is 10.1. The highest BCUT2D eigenvalue weighted by atomic mass is 32.2. The molecule has 0 saturated carbocycles. The number of nitrogen functional groups attached to an aromatic ring is 1. The molecule has 0 radical (unpaired) electrons. The zero-order valence-electron chi connectivity index (χ0n) is 11.4. The van der Waals surface area contributed by atoms with Crippen LogP contribution in [0.25, 0.3) is 0 Å². The smallest absolute Gasteiger partial charge is 0.262 e. The number of nitrogens with two attached hydrogens (primary N) is 1. The average Bonchev–Trinajstić information content (AvgIpc) is 2.30. The van der Waals surface area contributed by atoms with E-state index in [0.29, 0.717) is 0 Å². The Morgan fingerprint density at radius 2 is 1.62 bits per heavy atom. The van der Waals surface area contributed by atoms with E-state index in [1.54, 1.807) is 0 Å². The topological polar surface area (TPSA) is 72.2 Å². The number of anilines is 2. The first-order valence-corrected chi connectivity index (χ1v) is 7.53. The van der Waals surface area contributed by atoms with Crippen molar-refractivity contribution in [2.45, 2.75) is 18.7 Å². The van der Waals surface area contributed by atoms with Gasteiger partial charge in [0.2, 0.25) is 0 Å². The summed E-state index contributed by atoms with van der Waals surface area (Å²) in [5, 5.41) is 0. The van der Waals surface area contributed by atoms with Gasteiger partial charge in [0.25, 0.3) is 10.0 Å². The van der Waals surface area contributed by atoms with Gasteiger partial charge in [0.1, 0.15) is 11.6 Å². The third-order valence-corrected chi connectivity index (χ3v) is 4.60. The molecule has 0 atom stereocenters. The number of halogens is 2. The van der Waals surface area contributed by atoms with Crippen LogP contribution in [0, 0.1) is 25.5 Å². The van der Waals surface area contributed by atoms with Crippen molar-refractivity contribution in [2.24, 2.45) is 0 Å². The molecule has 0 amide bonds. The molecular weight excluding hydrogens is 298 g/mol. The van der Waals surface area contributed by atoms with Crippen molar-refractivity contribution >= 4 is 21.4 Å². The predicted octanol–water partition coefficient (Wildman–Crippen LogP) is 2.96. The second kappa shape index (κ2) is 5.33. The molecule has 0 heterocycles. The zero-order valence-corrected chi connectivity index (χ0v) is 12.3. The lowest BCUT2D eigenvalue weighted by Gasteiger charge is -2.13. The van der Waals surface area contributed by atoms with E-state index in [9.17, 15) is 17.2 Å². The molecule has 4 nitrogen and oxygen atoms in total. The number of sulfonamides is 1. The molecule has 0 fully saturated rings.